The van der Waals surface area contributed by atoms with E-state index in [2.05, 4.69) is 38.2 Å². The Hall–Kier alpha value is -1.87. The van der Waals surface area contributed by atoms with Crippen molar-refractivity contribution in [3.8, 4) is 5.75 Å². The maximum Gasteiger partial charge on any atom is 0.266 e. The van der Waals surface area contributed by atoms with Crippen molar-refractivity contribution < 1.29 is 4.74 Å². The lowest BCUT2D eigenvalue weighted by atomic mass is 9.87. The molecule has 3 heteroatoms. The summed E-state index contributed by atoms with van der Waals surface area (Å²) in [6.07, 6.45) is 0. The highest BCUT2D eigenvalue weighted by molar-refractivity contribution is 7.80. The molecule has 2 nitrogen and oxygen atoms in total. The van der Waals surface area contributed by atoms with Crippen molar-refractivity contribution in [2.24, 2.45) is 0 Å². The molecular weight excluding hydrogens is 278 g/mol. The predicted octanol–water partition coefficient (Wildman–Crippen LogP) is 5.07. The molecule has 0 saturated carbocycles. The minimum Gasteiger partial charge on any atom is -0.432 e. The smallest absolute Gasteiger partial charge is 0.266 e. The zero-order valence-electron chi connectivity index (χ0n) is 12.9. The van der Waals surface area contributed by atoms with Crippen molar-refractivity contribution in [3.63, 3.8) is 0 Å². The van der Waals surface area contributed by atoms with Crippen LogP contribution in [0.4, 0.5) is 5.69 Å². The van der Waals surface area contributed by atoms with E-state index in [1.165, 1.54) is 11.1 Å². The molecule has 0 spiro atoms. The number of hydrogen-bond acceptors (Lipinski definition) is 2. The third-order valence-electron chi connectivity index (χ3n) is 3.20. The van der Waals surface area contributed by atoms with Gasteiger partial charge in [0.25, 0.3) is 5.17 Å². The molecule has 2 aromatic rings. The van der Waals surface area contributed by atoms with Gasteiger partial charge in [0.05, 0.1) is 0 Å². The van der Waals surface area contributed by atoms with Crippen LogP contribution in [0.15, 0.2) is 48.5 Å². The first kappa shape index (κ1) is 15.5. The van der Waals surface area contributed by atoms with Gasteiger partial charge in [-0.25, -0.2) is 0 Å². The summed E-state index contributed by atoms with van der Waals surface area (Å²) in [7, 11) is 0. The van der Waals surface area contributed by atoms with E-state index in [0.717, 1.165) is 11.4 Å². The summed E-state index contributed by atoms with van der Waals surface area (Å²) in [6.45, 7) is 8.60. The lowest BCUT2D eigenvalue weighted by molar-refractivity contribution is 0.557. The van der Waals surface area contributed by atoms with Crippen molar-refractivity contribution in [3.05, 3.63) is 59.7 Å². The van der Waals surface area contributed by atoms with Crippen molar-refractivity contribution in [1.82, 2.24) is 0 Å². The van der Waals surface area contributed by atoms with E-state index >= 15 is 0 Å². The molecule has 2 aromatic carbocycles. The van der Waals surface area contributed by atoms with Gasteiger partial charge in [-0.15, -0.1) is 0 Å². The summed E-state index contributed by atoms with van der Waals surface area (Å²) in [5, 5.41) is 3.44. The SMILES string of the molecule is Cc1cccc(NC(=S)Oc2ccc(C(C)(C)C)cc2)c1. The molecule has 0 amide bonds. The molecule has 0 aliphatic rings. The van der Waals surface area contributed by atoms with Crippen LogP contribution in [0.1, 0.15) is 31.9 Å². The summed E-state index contributed by atoms with van der Waals surface area (Å²) in [4.78, 5) is 0. The van der Waals surface area contributed by atoms with Crippen LogP contribution in [-0.2, 0) is 5.41 Å². The maximum absolute atomic E-state index is 5.65. The first-order chi connectivity index (χ1) is 9.84. The van der Waals surface area contributed by atoms with Gasteiger partial charge in [-0.3, -0.25) is 0 Å². The molecule has 110 valence electrons. The highest BCUT2D eigenvalue weighted by Gasteiger charge is 2.13. The minimum absolute atomic E-state index is 0.138. The first-order valence-electron chi connectivity index (χ1n) is 7.01. The van der Waals surface area contributed by atoms with Crippen LogP contribution >= 0.6 is 12.2 Å². The van der Waals surface area contributed by atoms with E-state index in [1.54, 1.807) is 0 Å². The van der Waals surface area contributed by atoms with Gasteiger partial charge >= 0.3 is 0 Å². The zero-order valence-corrected chi connectivity index (χ0v) is 13.8. The van der Waals surface area contributed by atoms with E-state index in [0.29, 0.717) is 5.17 Å². The Labute approximate surface area is 132 Å². The Balaban J connectivity index is 2.00. The summed E-state index contributed by atoms with van der Waals surface area (Å²) in [5.74, 6) is 0.744. The largest absolute Gasteiger partial charge is 0.432 e. The lowest BCUT2D eigenvalue weighted by Crippen LogP contribution is -2.16. The second-order valence-electron chi connectivity index (χ2n) is 6.16. The van der Waals surface area contributed by atoms with Gasteiger partial charge in [0, 0.05) is 5.69 Å². The van der Waals surface area contributed by atoms with Crippen molar-refractivity contribution in [2.45, 2.75) is 33.1 Å². The van der Waals surface area contributed by atoms with Gasteiger partial charge in [0.2, 0.25) is 0 Å². The Bertz CT molecular complexity index is 626. The molecule has 1 N–H and O–H groups in total. The molecular formula is C18H21NOS. The molecule has 0 bridgehead atoms. The number of hydrogen-bond donors (Lipinski definition) is 1. The average molecular weight is 299 g/mol. The predicted molar refractivity (Wildman–Crippen MR) is 93.2 cm³/mol. The van der Waals surface area contributed by atoms with Crippen LogP contribution in [0.3, 0.4) is 0 Å². The number of aryl methyl sites for hydroxylation is 1. The molecule has 0 saturated heterocycles. The standard InChI is InChI=1S/C18H21NOS/c1-13-6-5-7-15(12-13)19-17(21)20-16-10-8-14(9-11-16)18(2,3)4/h5-12H,1-4H3,(H,19,21). The van der Waals surface area contributed by atoms with Gasteiger partial charge < -0.3 is 10.1 Å². The van der Waals surface area contributed by atoms with Crippen molar-refractivity contribution >= 4 is 23.1 Å². The quantitative estimate of drug-likeness (QED) is 0.782. The fourth-order valence-electron chi connectivity index (χ4n) is 2.00. The van der Waals surface area contributed by atoms with Crippen LogP contribution in [-0.4, -0.2) is 5.17 Å². The summed E-state index contributed by atoms with van der Waals surface area (Å²) in [5.41, 5.74) is 3.52. The van der Waals surface area contributed by atoms with E-state index < -0.39 is 0 Å². The Morgan fingerprint density at radius 3 is 2.29 bits per heavy atom. The average Bonchev–Trinajstić information content (AvgIpc) is 2.38. The molecule has 0 aliphatic carbocycles. The summed E-state index contributed by atoms with van der Waals surface area (Å²) >= 11 is 5.23. The van der Waals surface area contributed by atoms with E-state index in [4.69, 9.17) is 17.0 Å². The molecule has 21 heavy (non-hydrogen) atoms. The topological polar surface area (TPSA) is 21.3 Å². The first-order valence-corrected chi connectivity index (χ1v) is 7.41. The van der Waals surface area contributed by atoms with Crippen LogP contribution in [0.5, 0.6) is 5.75 Å². The molecule has 0 fully saturated rings. The van der Waals surface area contributed by atoms with Gasteiger partial charge in [0.15, 0.2) is 0 Å². The van der Waals surface area contributed by atoms with Gasteiger partial charge in [-0.1, -0.05) is 45.0 Å². The summed E-state index contributed by atoms with van der Waals surface area (Å²) < 4.78 is 5.65. The highest BCUT2D eigenvalue weighted by atomic mass is 32.1. The molecule has 0 radical (unpaired) electrons. The van der Waals surface area contributed by atoms with Crippen LogP contribution in [0.25, 0.3) is 0 Å². The van der Waals surface area contributed by atoms with Crippen molar-refractivity contribution in [2.75, 3.05) is 5.32 Å². The number of ether oxygens (including phenoxy) is 1. The fourth-order valence-corrected chi connectivity index (χ4v) is 2.21. The van der Waals surface area contributed by atoms with E-state index in [9.17, 15) is 0 Å². The van der Waals surface area contributed by atoms with E-state index in [-0.39, 0.29) is 5.41 Å². The lowest BCUT2D eigenvalue weighted by Gasteiger charge is -2.19. The molecule has 0 aliphatic heterocycles. The number of nitrogens with one attached hydrogen (secondary N) is 1. The number of rotatable bonds is 2. The van der Waals surface area contributed by atoms with Crippen LogP contribution < -0.4 is 10.1 Å². The normalized spacial score (nSPS) is 11.0. The number of benzene rings is 2. The van der Waals surface area contributed by atoms with Gasteiger partial charge in [-0.05, 0) is 59.9 Å². The van der Waals surface area contributed by atoms with E-state index in [1.807, 2.05) is 43.3 Å². The molecule has 0 atom stereocenters. The van der Waals surface area contributed by atoms with Crippen molar-refractivity contribution in [1.29, 1.82) is 0 Å². The number of anilines is 1. The van der Waals surface area contributed by atoms with Crippen LogP contribution in [0.2, 0.25) is 0 Å². The van der Waals surface area contributed by atoms with Gasteiger partial charge in [0.1, 0.15) is 5.75 Å². The Morgan fingerprint density at radius 2 is 1.71 bits per heavy atom. The third-order valence-corrected chi connectivity index (χ3v) is 3.38. The molecule has 0 heterocycles. The Morgan fingerprint density at radius 1 is 1.05 bits per heavy atom. The van der Waals surface area contributed by atoms with Gasteiger partial charge in [-0.2, -0.15) is 0 Å². The molecule has 2 rings (SSSR count). The molecule has 0 aromatic heterocycles. The fraction of sp³-hybridized carbons (Fsp3) is 0.278. The second kappa shape index (κ2) is 6.27. The maximum atomic E-state index is 5.65. The second-order valence-corrected chi connectivity index (χ2v) is 6.53. The third kappa shape index (κ3) is 4.57. The molecule has 0 unspecified atom stereocenters. The zero-order chi connectivity index (χ0) is 15.5. The highest BCUT2D eigenvalue weighted by Crippen LogP contribution is 2.24. The Kier molecular flexibility index (Phi) is 4.63. The van der Waals surface area contributed by atoms with Crippen LogP contribution in [0, 0.1) is 6.92 Å². The number of thiocarbonyl (C=S) groups is 1. The minimum atomic E-state index is 0.138. The monoisotopic (exact) mass is 299 g/mol. The summed E-state index contributed by atoms with van der Waals surface area (Å²) in [6, 6.07) is 16.1.